The van der Waals surface area contributed by atoms with Crippen molar-refractivity contribution in [3.8, 4) is 5.75 Å². The molecule has 21 heavy (non-hydrogen) atoms. The van der Waals surface area contributed by atoms with Gasteiger partial charge in [-0.05, 0) is 12.1 Å². The van der Waals surface area contributed by atoms with Crippen molar-refractivity contribution in [3.63, 3.8) is 0 Å². The van der Waals surface area contributed by atoms with Crippen molar-refractivity contribution in [2.75, 3.05) is 0 Å². The summed E-state index contributed by atoms with van der Waals surface area (Å²) in [6.07, 6.45) is 1.16. The highest BCUT2D eigenvalue weighted by atomic mass is 79.9. The molecule has 1 aromatic heterocycles. The molecule has 0 unspecified atom stereocenters. The summed E-state index contributed by atoms with van der Waals surface area (Å²) < 4.78 is 20.2. The van der Waals surface area contributed by atoms with Crippen LogP contribution in [-0.2, 0) is 18.4 Å². The number of ether oxygens (including phenoxy) is 1. The Balaban J connectivity index is 2.15. The number of nitrogens with zero attached hydrogens (tertiary/aromatic N) is 1. The van der Waals surface area contributed by atoms with Gasteiger partial charge < -0.3 is 14.4 Å². The van der Waals surface area contributed by atoms with Crippen LogP contribution in [0.4, 0.5) is 4.39 Å². The SMILES string of the molecule is Cn1cc(C(=O)OCc2ccc(Br)cc2F)c(O)cc1=O. The molecular weight excluding hydrogens is 345 g/mol. The van der Waals surface area contributed by atoms with Gasteiger partial charge >= 0.3 is 5.97 Å². The number of pyridine rings is 1. The van der Waals surface area contributed by atoms with Crippen molar-refractivity contribution in [1.29, 1.82) is 0 Å². The molecule has 0 saturated carbocycles. The zero-order chi connectivity index (χ0) is 15.6. The Labute approximate surface area is 127 Å². The van der Waals surface area contributed by atoms with Crippen molar-refractivity contribution in [3.05, 3.63) is 62.2 Å². The molecule has 0 radical (unpaired) electrons. The lowest BCUT2D eigenvalue weighted by Gasteiger charge is -2.08. The van der Waals surface area contributed by atoms with Crippen LogP contribution in [0.3, 0.4) is 0 Å². The standard InChI is InChI=1S/C14H11BrFNO4/c1-17-6-10(12(18)5-13(17)19)14(20)21-7-8-2-3-9(15)4-11(8)16/h2-6,18H,7H2,1H3. The first-order valence-corrected chi connectivity index (χ1v) is 6.68. The highest BCUT2D eigenvalue weighted by molar-refractivity contribution is 9.10. The van der Waals surface area contributed by atoms with E-state index in [0.717, 1.165) is 16.8 Å². The van der Waals surface area contributed by atoms with E-state index in [1.165, 1.54) is 19.2 Å². The van der Waals surface area contributed by atoms with Gasteiger partial charge in [0.05, 0.1) is 0 Å². The molecule has 0 atom stereocenters. The monoisotopic (exact) mass is 355 g/mol. The first kappa shape index (κ1) is 15.2. The molecule has 0 spiro atoms. The molecule has 1 N–H and O–H groups in total. The third kappa shape index (κ3) is 3.49. The Morgan fingerprint density at radius 1 is 1.43 bits per heavy atom. The summed E-state index contributed by atoms with van der Waals surface area (Å²) in [7, 11) is 1.44. The Kier molecular flexibility index (Phi) is 4.42. The van der Waals surface area contributed by atoms with Crippen LogP contribution in [0.5, 0.6) is 5.75 Å². The van der Waals surface area contributed by atoms with Crippen LogP contribution < -0.4 is 5.56 Å². The third-order valence-electron chi connectivity index (χ3n) is 2.80. The largest absolute Gasteiger partial charge is 0.507 e. The number of hydrogen-bond acceptors (Lipinski definition) is 4. The van der Waals surface area contributed by atoms with Crippen molar-refractivity contribution in [1.82, 2.24) is 4.57 Å². The topological polar surface area (TPSA) is 68.5 Å². The molecule has 0 aliphatic carbocycles. The molecule has 110 valence electrons. The number of hydrogen-bond donors (Lipinski definition) is 1. The number of carbonyl (C=O) groups excluding carboxylic acids is 1. The summed E-state index contributed by atoms with van der Waals surface area (Å²) >= 11 is 3.12. The molecule has 7 heteroatoms. The van der Waals surface area contributed by atoms with E-state index in [0.29, 0.717) is 4.47 Å². The number of aromatic nitrogens is 1. The number of aryl methyl sites for hydroxylation is 1. The van der Waals surface area contributed by atoms with E-state index >= 15 is 0 Å². The van der Waals surface area contributed by atoms with Crippen LogP contribution in [0.2, 0.25) is 0 Å². The van der Waals surface area contributed by atoms with Crippen molar-refractivity contribution in [2.24, 2.45) is 7.05 Å². The summed E-state index contributed by atoms with van der Waals surface area (Å²) in [6, 6.07) is 5.27. The zero-order valence-electron chi connectivity index (χ0n) is 11.0. The number of aromatic hydroxyl groups is 1. The van der Waals surface area contributed by atoms with Crippen LogP contribution in [0, 0.1) is 5.82 Å². The quantitative estimate of drug-likeness (QED) is 0.858. The first-order chi connectivity index (χ1) is 9.88. The van der Waals surface area contributed by atoms with Gasteiger partial charge in [0.2, 0.25) is 0 Å². The molecule has 5 nitrogen and oxygen atoms in total. The van der Waals surface area contributed by atoms with Gasteiger partial charge in [0.25, 0.3) is 5.56 Å². The van der Waals surface area contributed by atoms with Gasteiger partial charge in [-0.25, -0.2) is 9.18 Å². The minimum Gasteiger partial charge on any atom is -0.507 e. The maximum Gasteiger partial charge on any atom is 0.343 e. The van der Waals surface area contributed by atoms with Crippen LogP contribution in [0.25, 0.3) is 0 Å². The molecule has 2 aromatic rings. The minimum atomic E-state index is -0.842. The van der Waals surface area contributed by atoms with Gasteiger partial charge in [-0.1, -0.05) is 22.0 Å². The second kappa shape index (κ2) is 6.09. The fourth-order valence-electron chi connectivity index (χ4n) is 1.64. The predicted octanol–water partition coefficient (Wildman–Crippen LogP) is 2.35. The van der Waals surface area contributed by atoms with E-state index in [1.807, 2.05) is 0 Å². The van der Waals surface area contributed by atoms with E-state index in [4.69, 9.17) is 4.74 Å². The molecule has 0 bridgehead atoms. The van der Waals surface area contributed by atoms with Gasteiger partial charge in [-0.3, -0.25) is 4.79 Å². The normalized spacial score (nSPS) is 10.4. The van der Waals surface area contributed by atoms with E-state index in [-0.39, 0.29) is 17.7 Å². The van der Waals surface area contributed by atoms with Gasteiger partial charge in [0, 0.05) is 29.3 Å². The first-order valence-electron chi connectivity index (χ1n) is 5.89. The fourth-order valence-corrected chi connectivity index (χ4v) is 1.97. The summed E-state index contributed by atoms with van der Waals surface area (Å²) in [5, 5.41) is 9.58. The van der Waals surface area contributed by atoms with E-state index in [9.17, 15) is 19.1 Å². The van der Waals surface area contributed by atoms with Crippen LogP contribution in [0.15, 0.2) is 39.7 Å². The van der Waals surface area contributed by atoms with Gasteiger partial charge in [0.15, 0.2) is 0 Å². The number of benzene rings is 1. The summed E-state index contributed by atoms with van der Waals surface area (Å²) in [4.78, 5) is 23.1. The molecule has 1 aromatic carbocycles. The number of carbonyl (C=O) groups is 1. The summed E-state index contributed by atoms with van der Waals surface area (Å²) in [6.45, 7) is -0.278. The molecule has 0 aliphatic rings. The van der Waals surface area contributed by atoms with E-state index < -0.39 is 23.1 Å². The van der Waals surface area contributed by atoms with Crippen molar-refractivity contribution >= 4 is 21.9 Å². The van der Waals surface area contributed by atoms with E-state index in [1.54, 1.807) is 6.07 Å². The van der Waals surface area contributed by atoms with Crippen molar-refractivity contribution < 1.29 is 19.0 Å². The highest BCUT2D eigenvalue weighted by Gasteiger charge is 2.15. The van der Waals surface area contributed by atoms with Gasteiger partial charge in [0.1, 0.15) is 23.7 Å². The molecule has 0 aliphatic heterocycles. The Morgan fingerprint density at radius 3 is 2.81 bits per heavy atom. The summed E-state index contributed by atoms with van der Waals surface area (Å²) in [5.41, 5.74) is -0.409. The van der Waals surface area contributed by atoms with Gasteiger partial charge in [-0.2, -0.15) is 0 Å². The maximum atomic E-state index is 13.6. The highest BCUT2D eigenvalue weighted by Crippen LogP contribution is 2.18. The molecular formula is C14H11BrFNO4. The molecule has 0 saturated heterocycles. The van der Waals surface area contributed by atoms with Crippen LogP contribution in [-0.4, -0.2) is 15.6 Å². The summed E-state index contributed by atoms with van der Waals surface area (Å²) in [5.74, 6) is -1.83. The van der Waals surface area contributed by atoms with Crippen molar-refractivity contribution in [2.45, 2.75) is 6.61 Å². The lowest BCUT2D eigenvalue weighted by molar-refractivity contribution is 0.0464. The Bertz CT molecular complexity index is 757. The molecule has 0 amide bonds. The molecule has 0 fully saturated rings. The predicted molar refractivity (Wildman–Crippen MR) is 76.6 cm³/mol. The average Bonchev–Trinajstić information content (AvgIpc) is 2.41. The van der Waals surface area contributed by atoms with Crippen LogP contribution >= 0.6 is 15.9 Å². The second-order valence-electron chi connectivity index (χ2n) is 4.33. The Morgan fingerprint density at radius 2 is 2.14 bits per heavy atom. The number of rotatable bonds is 3. The zero-order valence-corrected chi connectivity index (χ0v) is 12.6. The third-order valence-corrected chi connectivity index (χ3v) is 3.29. The van der Waals surface area contributed by atoms with Crippen LogP contribution in [0.1, 0.15) is 15.9 Å². The molecule has 2 rings (SSSR count). The smallest absolute Gasteiger partial charge is 0.343 e. The lowest BCUT2D eigenvalue weighted by Crippen LogP contribution is -2.18. The van der Waals surface area contributed by atoms with Gasteiger partial charge in [-0.15, -0.1) is 0 Å². The lowest BCUT2D eigenvalue weighted by atomic mass is 10.2. The van der Waals surface area contributed by atoms with E-state index in [2.05, 4.69) is 15.9 Å². The number of esters is 1. The maximum absolute atomic E-state index is 13.6. The minimum absolute atomic E-state index is 0.158. The average molecular weight is 356 g/mol. The fraction of sp³-hybridized carbons (Fsp3) is 0.143. The Hall–Kier alpha value is -2.15. The molecule has 1 heterocycles. The second-order valence-corrected chi connectivity index (χ2v) is 5.25. The number of halogens is 2.